The van der Waals surface area contributed by atoms with E-state index in [1.54, 1.807) is 18.2 Å². The molecule has 0 aliphatic heterocycles. The maximum atomic E-state index is 13.7. The van der Waals surface area contributed by atoms with Gasteiger partial charge in [0.15, 0.2) is 0 Å². The molecule has 2 atom stereocenters. The molecule has 2 amide bonds. The van der Waals surface area contributed by atoms with Gasteiger partial charge < -0.3 is 21.5 Å². The van der Waals surface area contributed by atoms with Crippen molar-refractivity contribution in [3.63, 3.8) is 0 Å². The van der Waals surface area contributed by atoms with Crippen LogP contribution in [0.25, 0.3) is 0 Å². The summed E-state index contributed by atoms with van der Waals surface area (Å²) in [4.78, 5) is 24.9. The lowest BCUT2D eigenvalue weighted by Crippen LogP contribution is -2.44. The number of aliphatic hydroxyl groups is 1. The number of benzene rings is 3. The smallest absolute Gasteiger partial charge is 0.254 e. The van der Waals surface area contributed by atoms with Crippen molar-refractivity contribution >= 4 is 17.5 Å². The SMILES string of the molecule is NC(Cc1ccccc1)C(O)C(=O)Nc1cccc(C(=O)NCCCc2cc(F)ccc2F)c1. The summed E-state index contributed by atoms with van der Waals surface area (Å²) in [6.07, 6.45) is -0.395. The fraction of sp³-hybridized carbons (Fsp3) is 0.231. The molecule has 5 N–H and O–H groups in total. The molecule has 0 aromatic heterocycles. The van der Waals surface area contributed by atoms with Gasteiger partial charge in [-0.05, 0) is 66.8 Å². The zero-order chi connectivity index (χ0) is 24.5. The van der Waals surface area contributed by atoms with Crippen molar-refractivity contribution in [3.05, 3.63) is 101 Å². The van der Waals surface area contributed by atoms with E-state index in [0.29, 0.717) is 24.1 Å². The summed E-state index contributed by atoms with van der Waals surface area (Å²) in [7, 11) is 0. The molecule has 178 valence electrons. The number of rotatable bonds is 10. The summed E-state index contributed by atoms with van der Waals surface area (Å²) >= 11 is 0. The van der Waals surface area contributed by atoms with E-state index < -0.39 is 29.7 Å². The molecular weight excluding hydrogens is 440 g/mol. The van der Waals surface area contributed by atoms with Crippen LogP contribution in [0.3, 0.4) is 0 Å². The molecule has 0 bridgehead atoms. The summed E-state index contributed by atoms with van der Waals surface area (Å²) in [6, 6.07) is 18.0. The van der Waals surface area contributed by atoms with Crippen LogP contribution in [0.15, 0.2) is 72.8 Å². The van der Waals surface area contributed by atoms with Crippen LogP contribution in [0.2, 0.25) is 0 Å². The topological polar surface area (TPSA) is 104 Å². The first kappa shape index (κ1) is 25.0. The average molecular weight is 468 g/mol. The van der Waals surface area contributed by atoms with Crippen LogP contribution in [-0.2, 0) is 17.6 Å². The third-order valence-corrected chi connectivity index (χ3v) is 5.30. The zero-order valence-corrected chi connectivity index (χ0v) is 18.5. The van der Waals surface area contributed by atoms with Crippen LogP contribution < -0.4 is 16.4 Å². The first-order chi connectivity index (χ1) is 16.3. The fourth-order valence-electron chi connectivity index (χ4n) is 3.46. The summed E-state index contributed by atoms with van der Waals surface area (Å²) in [6.45, 7) is 0.262. The first-order valence-electron chi connectivity index (χ1n) is 10.9. The Labute approximate surface area is 196 Å². The molecule has 0 fully saturated rings. The van der Waals surface area contributed by atoms with Gasteiger partial charge in [-0.1, -0.05) is 36.4 Å². The molecule has 0 radical (unpaired) electrons. The fourth-order valence-corrected chi connectivity index (χ4v) is 3.46. The molecule has 34 heavy (non-hydrogen) atoms. The first-order valence-corrected chi connectivity index (χ1v) is 10.9. The van der Waals surface area contributed by atoms with Gasteiger partial charge >= 0.3 is 0 Å². The van der Waals surface area contributed by atoms with Crippen LogP contribution in [0.4, 0.5) is 14.5 Å². The van der Waals surface area contributed by atoms with Crippen molar-refractivity contribution in [2.45, 2.75) is 31.4 Å². The van der Waals surface area contributed by atoms with E-state index in [1.165, 1.54) is 6.07 Å². The molecule has 3 aromatic carbocycles. The molecule has 0 heterocycles. The predicted octanol–water partition coefficient (Wildman–Crippen LogP) is 3.20. The number of halogens is 2. The molecule has 0 aliphatic rings. The summed E-state index contributed by atoms with van der Waals surface area (Å²) in [5.41, 5.74) is 7.79. The molecule has 0 saturated heterocycles. The van der Waals surface area contributed by atoms with Gasteiger partial charge in [-0.2, -0.15) is 0 Å². The van der Waals surface area contributed by atoms with Gasteiger partial charge in [0, 0.05) is 23.8 Å². The highest BCUT2D eigenvalue weighted by molar-refractivity contribution is 5.98. The number of anilines is 1. The third-order valence-electron chi connectivity index (χ3n) is 5.30. The number of nitrogens with one attached hydrogen (secondary N) is 2. The largest absolute Gasteiger partial charge is 0.382 e. The van der Waals surface area contributed by atoms with Crippen molar-refractivity contribution in [1.82, 2.24) is 5.32 Å². The van der Waals surface area contributed by atoms with E-state index in [4.69, 9.17) is 5.73 Å². The number of aliphatic hydroxyl groups excluding tert-OH is 1. The van der Waals surface area contributed by atoms with Gasteiger partial charge in [0.05, 0.1) is 0 Å². The van der Waals surface area contributed by atoms with Gasteiger partial charge in [-0.25, -0.2) is 8.78 Å². The predicted molar refractivity (Wildman–Crippen MR) is 126 cm³/mol. The normalized spacial score (nSPS) is 12.6. The minimum Gasteiger partial charge on any atom is -0.382 e. The second kappa shape index (κ2) is 12.0. The molecule has 2 unspecified atom stereocenters. The van der Waals surface area contributed by atoms with Crippen LogP contribution >= 0.6 is 0 Å². The van der Waals surface area contributed by atoms with Crippen molar-refractivity contribution in [2.24, 2.45) is 5.73 Å². The van der Waals surface area contributed by atoms with Crippen molar-refractivity contribution in [2.75, 3.05) is 11.9 Å². The molecule has 6 nitrogen and oxygen atoms in total. The molecule has 0 saturated carbocycles. The van der Waals surface area contributed by atoms with Gasteiger partial charge in [-0.3, -0.25) is 9.59 Å². The Morgan fingerprint density at radius 3 is 2.50 bits per heavy atom. The lowest BCUT2D eigenvalue weighted by atomic mass is 10.0. The van der Waals surface area contributed by atoms with E-state index in [2.05, 4.69) is 10.6 Å². The molecule has 8 heteroatoms. The lowest BCUT2D eigenvalue weighted by Gasteiger charge is -2.18. The van der Waals surface area contributed by atoms with E-state index in [1.807, 2.05) is 30.3 Å². The van der Waals surface area contributed by atoms with Crippen molar-refractivity contribution in [1.29, 1.82) is 0 Å². The van der Waals surface area contributed by atoms with Gasteiger partial charge in [0.25, 0.3) is 11.8 Å². The Balaban J connectivity index is 1.49. The number of amides is 2. The Kier molecular flexibility index (Phi) is 8.84. The maximum absolute atomic E-state index is 13.7. The summed E-state index contributed by atoms with van der Waals surface area (Å²) < 4.78 is 26.9. The van der Waals surface area contributed by atoms with E-state index >= 15 is 0 Å². The Bertz CT molecular complexity index is 1130. The Morgan fingerprint density at radius 1 is 0.971 bits per heavy atom. The van der Waals surface area contributed by atoms with Gasteiger partial charge in [0.2, 0.25) is 0 Å². The molecule has 3 aromatic rings. The zero-order valence-electron chi connectivity index (χ0n) is 18.5. The number of hydrogen-bond acceptors (Lipinski definition) is 4. The average Bonchev–Trinajstić information content (AvgIpc) is 2.84. The van der Waals surface area contributed by atoms with Crippen LogP contribution in [0, 0.1) is 11.6 Å². The minimum absolute atomic E-state index is 0.253. The third kappa shape index (κ3) is 7.19. The summed E-state index contributed by atoms with van der Waals surface area (Å²) in [5, 5.41) is 15.6. The van der Waals surface area contributed by atoms with Gasteiger partial charge in [-0.15, -0.1) is 0 Å². The molecule has 0 aliphatic carbocycles. The van der Waals surface area contributed by atoms with Crippen molar-refractivity contribution < 1.29 is 23.5 Å². The number of aryl methyl sites for hydroxylation is 1. The van der Waals surface area contributed by atoms with E-state index in [9.17, 15) is 23.5 Å². The van der Waals surface area contributed by atoms with Crippen LogP contribution in [0.1, 0.15) is 27.9 Å². The number of nitrogens with two attached hydrogens (primary N) is 1. The van der Waals surface area contributed by atoms with Crippen LogP contribution in [-0.4, -0.2) is 35.6 Å². The van der Waals surface area contributed by atoms with E-state index in [-0.39, 0.29) is 24.4 Å². The monoisotopic (exact) mass is 467 g/mol. The summed E-state index contributed by atoms with van der Waals surface area (Å²) in [5.74, 6) is -2.04. The number of hydrogen-bond donors (Lipinski definition) is 4. The molecule has 3 rings (SSSR count). The Morgan fingerprint density at radius 2 is 1.74 bits per heavy atom. The molecular formula is C26H27F2N3O3. The highest BCUT2D eigenvalue weighted by atomic mass is 19.1. The highest BCUT2D eigenvalue weighted by Gasteiger charge is 2.23. The maximum Gasteiger partial charge on any atom is 0.254 e. The second-order valence-electron chi connectivity index (χ2n) is 7.96. The van der Waals surface area contributed by atoms with Crippen LogP contribution in [0.5, 0.6) is 0 Å². The van der Waals surface area contributed by atoms with E-state index in [0.717, 1.165) is 23.8 Å². The second-order valence-corrected chi connectivity index (χ2v) is 7.96. The number of carbonyl (C=O) groups excluding carboxylic acids is 2. The quantitative estimate of drug-likeness (QED) is 0.344. The molecule has 0 spiro atoms. The highest BCUT2D eigenvalue weighted by Crippen LogP contribution is 2.14. The lowest BCUT2D eigenvalue weighted by molar-refractivity contribution is -0.124. The van der Waals surface area contributed by atoms with Crippen molar-refractivity contribution in [3.8, 4) is 0 Å². The number of carbonyl (C=O) groups is 2. The standard InChI is InChI=1S/C26H27F2N3O3/c27-20-11-12-22(28)18(15-20)9-5-13-30-25(33)19-8-4-10-21(16-19)31-26(34)24(32)23(29)14-17-6-2-1-3-7-17/h1-4,6-8,10-12,15-16,23-24,32H,5,9,13-14,29H2,(H,30,33)(H,31,34). The van der Waals surface area contributed by atoms with Gasteiger partial charge in [0.1, 0.15) is 17.7 Å². The minimum atomic E-state index is -1.43. The Hall–Kier alpha value is -3.62.